The van der Waals surface area contributed by atoms with Gasteiger partial charge in [-0.3, -0.25) is 0 Å². The molecule has 0 saturated heterocycles. The molecule has 0 bridgehead atoms. The van der Waals surface area contributed by atoms with Gasteiger partial charge in [-0.15, -0.1) is 0 Å². The predicted molar refractivity (Wildman–Crippen MR) is 43.5 cm³/mol. The van der Waals surface area contributed by atoms with E-state index in [2.05, 4.69) is 4.98 Å². The lowest BCUT2D eigenvalue weighted by atomic mass is 10.5. The topological polar surface area (TPSA) is 49.9 Å². The second kappa shape index (κ2) is 3.64. The molecule has 0 unspecified atom stereocenters. The van der Waals surface area contributed by atoms with Crippen LogP contribution in [0.4, 0.5) is 13.2 Å². The Labute approximate surface area is 78.9 Å². The van der Waals surface area contributed by atoms with Gasteiger partial charge >= 0.3 is 6.18 Å². The molecule has 3 nitrogen and oxygen atoms in total. The monoisotopic (exact) mass is 227 g/mol. The SMILES string of the molecule is O=S(=O)(CCC(F)(F)F)c1ccc[nH]1. The molecule has 0 atom stereocenters. The molecule has 1 aromatic rings. The molecule has 80 valence electrons. The maximum absolute atomic E-state index is 11.8. The Morgan fingerprint density at radius 1 is 1.36 bits per heavy atom. The van der Waals surface area contributed by atoms with Gasteiger partial charge < -0.3 is 4.98 Å². The highest BCUT2D eigenvalue weighted by atomic mass is 32.2. The van der Waals surface area contributed by atoms with Crippen molar-refractivity contribution in [2.24, 2.45) is 0 Å². The number of aromatic nitrogens is 1. The van der Waals surface area contributed by atoms with Crippen molar-refractivity contribution in [3.63, 3.8) is 0 Å². The molecule has 0 aromatic carbocycles. The van der Waals surface area contributed by atoms with E-state index in [0.717, 1.165) is 0 Å². The maximum Gasteiger partial charge on any atom is 0.390 e. The fourth-order valence-corrected chi connectivity index (χ4v) is 2.12. The van der Waals surface area contributed by atoms with E-state index in [4.69, 9.17) is 0 Å². The summed E-state index contributed by atoms with van der Waals surface area (Å²) in [5, 5.41) is -0.179. The zero-order valence-electron chi connectivity index (χ0n) is 7.00. The number of alkyl halides is 3. The van der Waals surface area contributed by atoms with Crippen molar-refractivity contribution in [2.75, 3.05) is 5.75 Å². The Kier molecular flexibility index (Phi) is 2.89. The van der Waals surface area contributed by atoms with Crippen LogP contribution in [0.3, 0.4) is 0 Å². The summed E-state index contributed by atoms with van der Waals surface area (Å²) < 4.78 is 57.7. The molecule has 0 aliphatic carbocycles. The van der Waals surface area contributed by atoms with Gasteiger partial charge in [-0.1, -0.05) is 0 Å². The summed E-state index contributed by atoms with van der Waals surface area (Å²) in [5.41, 5.74) is 0. The molecule has 1 heterocycles. The smallest absolute Gasteiger partial charge is 0.352 e. The first-order valence-corrected chi connectivity index (χ1v) is 5.39. The summed E-state index contributed by atoms with van der Waals surface area (Å²) in [6.07, 6.45) is -4.42. The van der Waals surface area contributed by atoms with Gasteiger partial charge in [0, 0.05) is 6.20 Å². The highest BCUT2D eigenvalue weighted by Crippen LogP contribution is 2.21. The molecular formula is C7H8F3NO2S. The predicted octanol–water partition coefficient (Wildman–Crippen LogP) is 1.74. The molecule has 7 heteroatoms. The van der Waals surface area contributed by atoms with Gasteiger partial charge in [0.1, 0.15) is 5.03 Å². The van der Waals surface area contributed by atoms with Crippen molar-refractivity contribution in [1.82, 2.24) is 4.98 Å². The molecule has 14 heavy (non-hydrogen) atoms. The van der Waals surface area contributed by atoms with Gasteiger partial charge in [0.2, 0.25) is 0 Å². The van der Waals surface area contributed by atoms with Crippen molar-refractivity contribution >= 4 is 9.84 Å². The Morgan fingerprint density at radius 2 is 2.00 bits per heavy atom. The Morgan fingerprint density at radius 3 is 2.43 bits per heavy atom. The molecule has 0 aliphatic heterocycles. The number of hydrogen-bond acceptors (Lipinski definition) is 2. The van der Waals surface area contributed by atoms with Crippen LogP contribution in [0.2, 0.25) is 0 Å². The summed E-state index contributed by atoms with van der Waals surface area (Å²) in [6, 6.07) is 2.65. The normalized spacial score (nSPS) is 13.1. The van der Waals surface area contributed by atoms with Crippen LogP contribution in [-0.4, -0.2) is 25.3 Å². The third kappa shape index (κ3) is 3.06. The number of halogens is 3. The summed E-state index contributed by atoms with van der Waals surface area (Å²) in [6.45, 7) is 0. The van der Waals surface area contributed by atoms with E-state index in [0.29, 0.717) is 0 Å². The van der Waals surface area contributed by atoms with Crippen LogP contribution < -0.4 is 0 Å². The largest absolute Gasteiger partial charge is 0.390 e. The molecule has 1 aromatic heterocycles. The number of sulfone groups is 1. The van der Waals surface area contributed by atoms with Crippen LogP contribution in [0.5, 0.6) is 0 Å². The second-order valence-corrected chi connectivity index (χ2v) is 4.80. The highest BCUT2D eigenvalue weighted by molar-refractivity contribution is 7.91. The van der Waals surface area contributed by atoms with Crippen molar-refractivity contribution in [1.29, 1.82) is 0 Å². The average molecular weight is 227 g/mol. The maximum atomic E-state index is 11.8. The lowest BCUT2D eigenvalue weighted by molar-refractivity contribution is -0.129. The lowest BCUT2D eigenvalue weighted by Gasteiger charge is -2.05. The molecule has 1 rings (SSSR count). The van der Waals surface area contributed by atoms with Crippen molar-refractivity contribution in [2.45, 2.75) is 17.6 Å². The Balaban J connectivity index is 2.70. The quantitative estimate of drug-likeness (QED) is 0.855. The van der Waals surface area contributed by atoms with E-state index in [1.165, 1.54) is 18.3 Å². The van der Waals surface area contributed by atoms with E-state index in [1.807, 2.05) is 0 Å². The van der Waals surface area contributed by atoms with E-state index in [-0.39, 0.29) is 5.03 Å². The van der Waals surface area contributed by atoms with Crippen molar-refractivity contribution in [3.05, 3.63) is 18.3 Å². The third-order valence-corrected chi connectivity index (χ3v) is 3.22. The van der Waals surface area contributed by atoms with E-state index < -0.39 is 28.2 Å². The zero-order valence-corrected chi connectivity index (χ0v) is 7.82. The summed E-state index contributed by atoms with van der Waals surface area (Å²) >= 11 is 0. The van der Waals surface area contributed by atoms with Crippen LogP contribution >= 0.6 is 0 Å². The van der Waals surface area contributed by atoms with Gasteiger partial charge in [-0.2, -0.15) is 13.2 Å². The van der Waals surface area contributed by atoms with E-state index in [1.54, 1.807) is 0 Å². The molecule has 0 spiro atoms. The van der Waals surface area contributed by atoms with Crippen molar-refractivity contribution < 1.29 is 21.6 Å². The molecule has 1 N–H and O–H groups in total. The van der Waals surface area contributed by atoms with Gasteiger partial charge in [0.25, 0.3) is 0 Å². The molecule has 0 aliphatic rings. The van der Waals surface area contributed by atoms with Crippen LogP contribution in [0.1, 0.15) is 6.42 Å². The third-order valence-electron chi connectivity index (χ3n) is 1.56. The highest BCUT2D eigenvalue weighted by Gasteiger charge is 2.30. The van der Waals surface area contributed by atoms with Crippen LogP contribution in [-0.2, 0) is 9.84 Å². The zero-order chi connectivity index (χ0) is 10.8. The number of aromatic amines is 1. The molecule has 0 radical (unpaired) electrons. The lowest BCUT2D eigenvalue weighted by Crippen LogP contribution is -2.16. The Bertz CT molecular complexity index is 380. The molecule has 0 amide bonds. The van der Waals surface area contributed by atoms with Crippen molar-refractivity contribution in [3.8, 4) is 0 Å². The summed E-state index contributed by atoms with van der Waals surface area (Å²) in [5.74, 6) is -0.920. The number of hydrogen-bond donors (Lipinski definition) is 1. The van der Waals surface area contributed by atoms with Crippen LogP contribution in [0, 0.1) is 0 Å². The minimum absolute atomic E-state index is 0.179. The second-order valence-electron chi connectivity index (χ2n) is 2.72. The number of rotatable bonds is 3. The number of H-pyrrole nitrogens is 1. The average Bonchev–Trinajstić information content (AvgIpc) is 2.52. The van der Waals surface area contributed by atoms with E-state index in [9.17, 15) is 21.6 Å². The van der Waals surface area contributed by atoms with E-state index >= 15 is 0 Å². The van der Waals surface area contributed by atoms with Gasteiger partial charge in [-0.25, -0.2) is 8.42 Å². The minimum atomic E-state index is -4.44. The van der Waals surface area contributed by atoms with Gasteiger partial charge in [-0.05, 0) is 12.1 Å². The van der Waals surface area contributed by atoms with Crippen LogP contribution in [0.25, 0.3) is 0 Å². The standard InChI is InChI=1S/C7H8F3NO2S/c8-7(9,10)3-5-14(12,13)6-2-1-4-11-6/h1-2,4,11H,3,5H2. The first-order valence-electron chi connectivity index (χ1n) is 3.74. The Hall–Kier alpha value is -0.980. The first kappa shape index (κ1) is 11.1. The molecule has 0 saturated carbocycles. The minimum Gasteiger partial charge on any atom is -0.352 e. The summed E-state index contributed by atoms with van der Waals surface area (Å²) in [7, 11) is -3.83. The molecular weight excluding hydrogens is 219 g/mol. The van der Waals surface area contributed by atoms with Gasteiger partial charge in [0.15, 0.2) is 9.84 Å². The molecule has 0 fully saturated rings. The first-order chi connectivity index (χ1) is 6.31. The number of nitrogens with one attached hydrogen (secondary N) is 1. The summed E-state index contributed by atoms with van der Waals surface area (Å²) in [4.78, 5) is 2.36. The fourth-order valence-electron chi connectivity index (χ4n) is 0.867. The van der Waals surface area contributed by atoms with Crippen LogP contribution in [0.15, 0.2) is 23.4 Å². The fraction of sp³-hybridized carbons (Fsp3) is 0.429. The van der Waals surface area contributed by atoms with Gasteiger partial charge in [0.05, 0.1) is 12.2 Å².